The molecule has 0 saturated heterocycles. The van der Waals surface area contributed by atoms with Crippen LogP contribution in [-0.4, -0.2) is 31.3 Å². The van der Waals surface area contributed by atoms with Crippen LogP contribution in [0.1, 0.15) is 13.3 Å². The molecule has 8 heteroatoms. The van der Waals surface area contributed by atoms with E-state index in [-0.39, 0.29) is 0 Å². The Morgan fingerprint density at radius 2 is 2.17 bits per heavy atom. The number of nitrogen functional groups attached to an aromatic ring is 1. The van der Waals surface area contributed by atoms with Crippen molar-refractivity contribution in [1.82, 2.24) is 24.7 Å². The highest BCUT2D eigenvalue weighted by Gasteiger charge is 2.13. The lowest BCUT2D eigenvalue weighted by atomic mass is 10.5. The van der Waals surface area contributed by atoms with Crippen molar-refractivity contribution in [3.05, 3.63) is 12.7 Å². The molecule has 2 rings (SSSR count). The quantitative estimate of drug-likeness (QED) is 0.811. The predicted molar refractivity (Wildman–Crippen MR) is 67.4 cm³/mol. The average Bonchev–Trinajstić information content (AvgIpc) is 2.76. The van der Waals surface area contributed by atoms with E-state index in [4.69, 9.17) is 10.5 Å². The summed E-state index contributed by atoms with van der Waals surface area (Å²) in [5.41, 5.74) is 6.39. The molecule has 0 bridgehead atoms. The lowest BCUT2D eigenvalue weighted by Gasteiger charge is -2.08. The van der Waals surface area contributed by atoms with Crippen molar-refractivity contribution in [1.29, 1.82) is 0 Å². The molecule has 96 valence electrons. The third kappa shape index (κ3) is 2.70. The number of nitrogens with two attached hydrogens (primary N) is 1. The van der Waals surface area contributed by atoms with E-state index in [0.29, 0.717) is 28.4 Å². The van der Waals surface area contributed by atoms with Crippen molar-refractivity contribution in [2.24, 2.45) is 7.05 Å². The van der Waals surface area contributed by atoms with Crippen LogP contribution < -0.4 is 10.5 Å². The van der Waals surface area contributed by atoms with Crippen LogP contribution in [0.5, 0.6) is 5.88 Å². The fourth-order valence-electron chi connectivity index (χ4n) is 1.22. The van der Waals surface area contributed by atoms with Crippen LogP contribution in [0.15, 0.2) is 22.8 Å². The molecule has 0 atom stereocenters. The fourth-order valence-corrected chi connectivity index (χ4v) is 1.97. The van der Waals surface area contributed by atoms with Crippen molar-refractivity contribution >= 4 is 17.4 Å². The standard InChI is InChI=1S/C10H14N6OS/c1-3-4-17-8-7(11)9(13-5-12-8)18-10-14-6-15-16(10)2/h5-6H,3-4,11H2,1-2H3. The maximum absolute atomic E-state index is 5.96. The second-order valence-corrected chi connectivity index (χ2v) is 4.47. The summed E-state index contributed by atoms with van der Waals surface area (Å²) in [4.78, 5) is 12.2. The maximum Gasteiger partial charge on any atom is 0.241 e. The van der Waals surface area contributed by atoms with E-state index < -0.39 is 0 Å². The molecular weight excluding hydrogens is 252 g/mol. The zero-order valence-electron chi connectivity index (χ0n) is 10.2. The zero-order chi connectivity index (χ0) is 13.0. The van der Waals surface area contributed by atoms with E-state index in [1.165, 1.54) is 24.4 Å². The first-order valence-corrected chi connectivity index (χ1v) is 6.29. The Morgan fingerprint density at radius 3 is 2.83 bits per heavy atom. The molecule has 2 N–H and O–H groups in total. The molecule has 0 aliphatic heterocycles. The predicted octanol–water partition coefficient (Wildman–Crippen LogP) is 1.13. The molecule has 7 nitrogen and oxygen atoms in total. The van der Waals surface area contributed by atoms with Crippen molar-refractivity contribution in [3.63, 3.8) is 0 Å². The molecular formula is C10H14N6OS. The van der Waals surface area contributed by atoms with Gasteiger partial charge in [-0.15, -0.1) is 0 Å². The van der Waals surface area contributed by atoms with Crippen molar-refractivity contribution in [2.45, 2.75) is 23.5 Å². The second-order valence-electron chi connectivity index (χ2n) is 3.51. The number of ether oxygens (including phenoxy) is 1. The lowest BCUT2D eigenvalue weighted by Crippen LogP contribution is -2.04. The van der Waals surface area contributed by atoms with E-state index in [2.05, 4.69) is 20.1 Å². The summed E-state index contributed by atoms with van der Waals surface area (Å²) in [6.07, 6.45) is 3.81. The summed E-state index contributed by atoms with van der Waals surface area (Å²) in [6, 6.07) is 0. The van der Waals surface area contributed by atoms with Gasteiger partial charge in [0.2, 0.25) is 5.88 Å². The topological polar surface area (TPSA) is 91.7 Å². The highest BCUT2D eigenvalue weighted by atomic mass is 32.2. The van der Waals surface area contributed by atoms with Gasteiger partial charge in [0.1, 0.15) is 23.4 Å². The first-order chi connectivity index (χ1) is 8.72. The normalized spacial score (nSPS) is 10.6. The maximum atomic E-state index is 5.96. The Kier molecular flexibility index (Phi) is 3.98. The lowest BCUT2D eigenvalue weighted by molar-refractivity contribution is 0.305. The number of rotatable bonds is 5. The van der Waals surface area contributed by atoms with Gasteiger partial charge < -0.3 is 10.5 Å². The Morgan fingerprint density at radius 1 is 1.33 bits per heavy atom. The van der Waals surface area contributed by atoms with Gasteiger partial charge in [0.05, 0.1) is 6.61 Å². The van der Waals surface area contributed by atoms with E-state index >= 15 is 0 Å². The molecule has 0 saturated carbocycles. The van der Waals surface area contributed by atoms with Gasteiger partial charge in [0, 0.05) is 7.05 Å². The molecule has 0 unspecified atom stereocenters. The van der Waals surface area contributed by atoms with Gasteiger partial charge in [-0.3, -0.25) is 0 Å². The number of nitrogens with zero attached hydrogens (tertiary/aromatic N) is 5. The van der Waals surface area contributed by atoms with Crippen LogP contribution in [0.4, 0.5) is 5.69 Å². The van der Waals surface area contributed by atoms with Crippen LogP contribution in [0, 0.1) is 0 Å². The smallest absolute Gasteiger partial charge is 0.241 e. The molecule has 2 heterocycles. The van der Waals surface area contributed by atoms with Gasteiger partial charge in [-0.1, -0.05) is 6.92 Å². The van der Waals surface area contributed by atoms with Crippen LogP contribution in [0.2, 0.25) is 0 Å². The van der Waals surface area contributed by atoms with E-state index in [0.717, 1.165) is 6.42 Å². The molecule has 0 radical (unpaired) electrons. The Labute approximate surface area is 109 Å². The van der Waals surface area contributed by atoms with Crippen LogP contribution in [0.25, 0.3) is 0 Å². The van der Waals surface area contributed by atoms with Gasteiger partial charge in [0.15, 0.2) is 5.16 Å². The monoisotopic (exact) mass is 266 g/mol. The van der Waals surface area contributed by atoms with Crippen molar-refractivity contribution in [3.8, 4) is 5.88 Å². The van der Waals surface area contributed by atoms with Gasteiger partial charge in [-0.25, -0.2) is 14.6 Å². The summed E-state index contributed by atoms with van der Waals surface area (Å²) in [6.45, 7) is 2.60. The van der Waals surface area contributed by atoms with Gasteiger partial charge in [-0.05, 0) is 18.2 Å². The number of hydrogen-bond donors (Lipinski definition) is 1. The number of aryl methyl sites for hydroxylation is 1. The molecule has 2 aromatic heterocycles. The largest absolute Gasteiger partial charge is 0.476 e. The molecule has 2 aromatic rings. The first-order valence-electron chi connectivity index (χ1n) is 5.47. The number of anilines is 1. The Balaban J connectivity index is 2.21. The summed E-state index contributed by atoms with van der Waals surface area (Å²) >= 11 is 1.33. The third-order valence-corrected chi connectivity index (χ3v) is 3.18. The minimum absolute atomic E-state index is 0.413. The van der Waals surface area contributed by atoms with Crippen molar-refractivity contribution < 1.29 is 4.74 Å². The minimum atomic E-state index is 0.413. The molecule has 0 amide bonds. The Hall–Kier alpha value is -1.83. The molecule has 0 aliphatic carbocycles. The van der Waals surface area contributed by atoms with Crippen LogP contribution >= 0.6 is 11.8 Å². The third-order valence-electron chi connectivity index (χ3n) is 2.11. The molecule has 0 aliphatic rings. The Bertz CT molecular complexity index is 529. The van der Waals surface area contributed by atoms with Crippen LogP contribution in [-0.2, 0) is 7.05 Å². The summed E-state index contributed by atoms with van der Waals surface area (Å²) < 4.78 is 7.10. The van der Waals surface area contributed by atoms with Gasteiger partial charge in [-0.2, -0.15) is 10.1 Å². The molecule has 18 heavy (non-hydrogen) atoms. The van der Waals surface area contributed by atoms with E-state index in [1.54, 1.807) is 11.7 Å². The molecule has 0 aromatic carbocycles. The average molecular weight is 266 g/mol. The highest BCUT2D eigenvalue weighted by Crippen LogP contribution is 2.32. The highest BCUT2D eigenvalue weighted by molar-refractivity contribution is 7.99. The fraction of sp³-hybridized carbons (Fsp3) is 0.400. The van der Waals surface area contributed by atoms with Gasteiger partial charge >= 0.3 is 0 Å². The van der Waals surface area contributed by atoms with Crippen molar-refractivity contribution in [2.75, 3.05) is 12.3 Å². The SMILES string of the molecule is CCCOc1ncnc(Sc2ncnn2C)c1N. The number of hydrogen-bond acceptors (Lipinski definition) is 7. The molecule has 0 fully saturated rings. The second kappa shape index (κ2) is 5.67. The van der Waals surface area contributed by atoms with Gasteiger partial charge in [0.25, 0.3) is 0 Å². The zero-order valence-corrected chi connectivity index (χ0v) is 11.0. The minimum Gasteiger partial charge on any atom is -0.476 e. The van der Waals surface area contributed by atoms with E-state index in [9.17, 15) is 0 Å². The summed E-state index contributed by atoms with van der Waals surface area (Å²) in [5, 5.41) is 5.31. The number of aromatic nitrogens is 5. The molecule has 0 spiro atoms. The van der Waals surface area contributed by atoms with E-state index in [1.807, 2.05) is 6.92 Å². The van der Waals surface area contributed by atoms with Crippen LogP contribution in [0.3, 0.4) is 0 Å². The summed E-state index contributed by atoms with van der Waals surface area (Å²) in [7, 11) is 1.81. The summed E-state index contributed by atoms with van der Waals surface area (Å²) in [5.74, 6) is 0.413. The first kappa shape index (κ1) is 12.6.